The Balaban J connectivity index is 2.09. The SMILES string of the molecule is Cc1c(-c2ccccc2)ncn1-c1ccccc1. The van der Waals surface area contributed by atoms with Crippen molar-refractivity contribution in [2.45, 2.75) is 6.92 Å². The van der Waals surface area contributed by atoms with Crippen molar-refractivity contribution in [2.24, 2.45) is 0 Å². The van der Waals surface area contributed by atoms with Crippen molar-refractivity contribution in [3.05, 3.63) is 72.7 Å². The van der Waals surface area contributed by atoms with Crippen LogP contribution < -0.4 is 0 Å². The molecule has 3 aromatic rings. The van der Waals surface area contributed by atoms with Crippen LogP contribution in [0, 0.1) is 6.92 Å². The summed E-state index contributed by atoms with van der Waals surface area (Å²) in [6.45, 7) is 2.10. The van der Waals surface area contributed by atoms with E-state index in [-0.39, 0.29) is 0 Å². The van der Waals surface area contributed by atoms with Gasteiger partial charge >= 0.3 is 0 Å². The third-order valence-corrected chi connectivity index (χ3v) is 3.09. The Labute approximate surface area is 107 Å². The second kappa shape index (κ2) is 4.49. The zero-order chi connectivity index (χ0) is 12.4. The Bertz CT molecular complexity index is 582. The molecule has 0 N–H and O–H groups in total. The Morgan fingerprint density at radius 2 is 1.44 bits per heavy atom. The van der Waals surface area contributed by atoms with Gasteiger partial charge in [0.15, 0.2) is 0 Å². The third kappa shape index (κ3) is 1.82. The molecule has 0 atom stereocenters. The van der Waals surface area contributed by atoms with Crippen LogP contribution in [0.2, 0.25) is 0 Å². The van der Waals surface area contributed by atoms with Gasteiger partial charge in [-0.15, -0.1) is 0 Å². The van der Waals surface area contributed by atoms with E-state index in [0.29, 0.717) is 0 Å². The molecule has 0 bridgehead atoms. The van der Waals surface area contributed by atoms with Crippen molar-refractivity contribution in [1.82, 2.24) is 9.55 Å². The van der Waals surface area contributed by atoms with Crippen LogP contribution >= 0.6 is 0 Å². The largest absolute Gasteiger partial charge is 0.303 e. The van der Waals surface area contributed by atoms with Gasteiger partial charge in [0.05, 0.1) is 5.69 Å². The molecule has 18 heavy (non-hydrogen) atoms. The highest BCUT2D eigenvalue weighted by atomic mass is 15.1. The van der Waals surface area contributed by atoms with E-state index in [0.717, 1.165) is 22.6 Å². The first-order valence-electron chi connectivity index (χ1n) is 6.01. The molecule has 0 radical (unpaired) electrons. The van der Waals surface area contributed by atoms with E-state index in [1.807, 2.05) is 42.7 Å². The lowest BCUT2D eigenvalue weighted by Gasteiger charge is -2.05. The average Bonchev–Trinajstić information content (AvgIpc) is 2.83. The zero-order valence-corrected chi connectivity index (χ0v) is 10.2. The van der Waals surface area contributed by atoms with Gasteiger partial charge in [-0.3, -0.25) is 0 Å². The van der Waals surface area contributed by atoms with Crippen LogP contribution in [-0.4, -0.2) is 9.55 Å². The van der Waals surface area contributed by atoms with Crippen molar-refractivity contribution in [1.29, 1.82) is 0 Å². The van der Waals surface area contributed by atoms with E-state index in [4.69, 9.17) is 0 Å². The molecule has 0 amide bonds. The number of aromatic nitrogens is 2. The fourth-order valence-corrected chi connectivity index (χ4v) is 2.14. The number of para-hydroxylation sites is 1. The van der Waals surface area contributed by atoms with E-state index in [1.165, 1.54) is 0 Å². The lowest BCUT2D eigenvalue weighted by atomic mass is 10.1. The molecule has 0 aliphatic heterocycles. The number of rotatable bonds is 2. The van der Waals surface area contributed by atoms with Crippen LogP contribution in [0.25, 0.3) is 16.9 Å². The van der Waals surface area contributed by atoms with E-state index in [9.17, 15) is 0 Å². The number of hydrogen-bond donors (Lipinski definition) is 0. The molecule has 0 unspecified atom stereocenters. The number of imidazole rings is 1. The molecular weight excluding hydrogens is 220 g/mol. The summed E-state index contributed by atoms with van der Waals surface area (Å²) < 4.78 is 2.11. The van der Waals surface area contributed by atoms with Gasteiger partial charge in [-0.1, -0.05) is 48.5 Å². The Morgan fingerprint density at radius 3 is 2.11 bits per heavy atom. The van der Waals surface area contributed by atoms with E-state index < -0.39 is 0 Å². The number of hydrogen-bond acceptors (Lipinski definition) is 1. The van der Waals surface area contributed by atoms with E-state index >= 15 is 0 Å². The highest BCUT2D eigenvalue weighted by Gasteiger charge is 2.09. The smallest absolute Gasteiger partial charge is 0.100 e. The molecule has 0 aliphatic rings. The standard InChI is InChI=1S/C16H14N2/c1-13-16(14-8-4-2-5-9-14)17-12-18(13)15-10-6-3-7-11-15/h2-12H,1H3. The fourth-order valence-electron chi connectivity index (χ4n) is 2.14. The van der Waals surface area contributed by atoms with Crippen LogP contribution in [0.4, 0.5) is 0 Å². The van der Waals surface area contributed by atoms with Crippen molar-refractivity contribution in [3.63, 3.8) is 0 Å². The van der Waals surface area contributed by atoms with Crippen molar-refractivity contribution in [3.8, 4) is 16.9 Å². The molecule has 1 aromatic heterocycles. The number of benzene rings is 2. The molecule has 0 saturated carbocycles. The van der Waals surface area contributed by atoms with Crippen LogP contribution in [0.15, 0.2) is 67.0 Å². The molecule has 3 rings (SSSR count). The van der Waals surface area contributed by atoms with Gasteiger partial charge in [-0.25, -0.2) is 4.98 Å². The fraction of sp³-hybridized carbons (Fsp3) is 0.0625. The molecular formula is C16H14N2. The van der Waals surface area contributed by atoms with Crippen molar-refractivity contribution in [2.75, 3.05) is 0 Å². The second-order valence-electron chi connectivity index (χ2n) is 4.25. The lowest BCUT2D eigenvalue weighted by Crippen LogP contribution is -1.94. The maximum absolute atomic E-state index is 4.53. The molecule has 0 fully saturated rings. The van der Waals surface area contributed by atoms with Gasteiger partial charge in [0.1, 0.15) is 6.33 Å². The third-order valence-electron chi connectivity index (χ3n) is 3.09. The van der Waals surface area contributed by atoms with Gasteiger partial charge in [0, 0.05) is 16.9 Å². The lowest BCUT2D eigenvalue weighted by molar-refractivity contribution is 1.01. The van der Waals surface area contributed by atoms with E-state index in [1.54, 1.807) is 0 Å². The summed E-state index contributed by atoms with van der Waals surface area (Å²) in [6, 6.07) is 20.5. The molecule has 0 saturated heterocycles. The highest BCUT2D eigenvalue weighted by molar-refractivity contribution is 5.62. The summed E-state index contributed by atoms with van der Waals surface area (Å²) >= 11 is 0. The summed E-state index contributed by atoms with van der Waals surface area (Å²) in [7, 11) is 0. The molecule has 2 nitrogen and oxygen atoms in total. The van der Waals surface area contributed by atoms with Crippen LogP contribution in [0.5, 0.6) is 0 Å². The molecule has 0 aliphatic carbocycles. The summed E-state index contributed by atoms with van der Waals surface area (Å²) in [5, 5.41) is 0. The monoisotopic (exact) mass is 234 g/mol. The minimum atomic E-state index is 1.04. The number of nitrogens with zero attached hydrogens (tertiary/aromatic N) is 2. The molecule has 2 heteroatoms. The predicted octanol–water partition coefficient (Wildman–Crippen LogP) is 3.85. The molecule has 88 valence electrons. The average molecular weight is 234 g/mol. The molecule has 0 spiro atoms. The maximum atomic E-state index is 4.53. The summed E-state index contributed by atoms with van der Waals surface area (Å²) in [5.41, 5.74) is 4.50. The molecule has 1 heterocycles. The second-order valence-corrected chi connectivity index (χ2v) is 4.25. The van der Waals surface area contributed by atoms with Crippen molar-refractivity contribution >= 4 is 0 Å². The Kier molecular flexibility index (Phi) is 2.69. The Morgan fingerprint density at radius 1 is 0.833 bits per heavy atom. The summed E-state index contributed by atoms with van der Waals surface area (Å²) in [4.78, 5) is 4.53. The first kappa shape index (κ1) is 10.8. The quantitative estimate of drug-likeness (QED) is 0.658. The summed E-state index contributed by atoms with van der Waals surface area (Å²) in [5.74, 6) is 0. The minimum Gasteiger partial charge on any atom is -0.303 e. The maximum Gasteiger partial charge on any atom is 0.100 e. The normalized spacial score (nSPS) is 10.5. The van der Waals surface area contributed by atoms with E-state index in [2.05, 4.69) is 40.7 Å². The predicted molar refractivity (Wildman–Crippen MR) is 73.7 cm³/mol. The first-order valence-corrected chi connectivity index (χ1v) is 6.01. The van der Waals surface area contributed by atoms with Crippen LogP contribution in [0.1, 0.15) is 5.69 Å². The molecule has 2 aromatic carbocycles. The highest BCUT2D eigenvalue weighted by Crippen LogP contribution is 2.23. The summed E-state index contributed by atoms with van der Waals surface area (Å²) in [6.07, 6.45) is 1.88. The van der Waals surface area contributed by atoms with Crippen molar-refractivity contribution < 1.29 is 0 Å². The first-order chi connectivity index (χ1) is 8.86. The van der Waals surface area contributed by atoms with Gasteiger partial charge in [0.2, 0.25) is 0 Å². The zero-order valence-electron chi connectivity index (χ0n) is 10.2. The Hall–Kier alpha value is -2.35. The van der Waals surface area contributed by atoms with Gasteiger partial charge in [-0.05, 0) is 19.1 Å². The van der Waals surface area contributed by atoms with Gasteiger partial charge < -0.3 is 4.57 Å². The van der Waals surface area contributed by atoms with Crippen LogP contribution in [-0.2, 0) is 0 Å². The topological polar surface area (TPSA) is 17.8 Å². The minimum absolute atomic E-state index is 1.04. The van der Waals surface area contributed by atoms with Crippen LogP contribution in [0.3, 0.4) is 0 Å². The van der Waals surface area contributed by atoms with Gasteiger partial charge in [-0.2, -0.15) is 0 Å². The van der Waals surface area contributed by atoms with Gasteiger partial charge in [0.25, 0.3) is 0 Å².